The summed E-state index contributed by atoms with van der Waals surface area (Å²) < 4.78 is 2.50. The Morgan fingerprint density at radius 1 is 0.305 bits per heavy atom. The van der Waals surface area contributed by atoms with Crippen molar-refractivity contribution in [2.45, 2.75) is 0 Å². The van der Waals surface area contributed by atoms with Gasteiger partial charge in [0.05, 0.1) is 11.2 Å². The monoisotopic (exact) mass is 770 g/mol. The Bertz CT molecular complexity index is 3190. The summed E-state index contributed by atoms with van der Waals surface area (Å²) in [7, 11) is 0. The largest absolute Gasteiger partial charge is 0.246 e. The molecule has 0 fully saturated rings. The zero-order chi connectivity index (χ0) is 39.1. The molecular formula is C54H34N4S. The Kier molecular flexibility index (Phi) is 8.64. The lowest BCUT2D eigenvalue weighted by Crippen LogP contribution is -2.00. The Balaban J connectivity index is 1.06. The maximum atomic E-state index is 5.51. The van der Waals surface area contributed by atoms with Crippen LogP contribution in [0.5, 0.6) is 0 Å². The van der Waals surface area contributed by atoms with Gasteiger partial charge in [0, 0.05) is 53.4 Å². The van der Waals surface area contributed by atoms with E-state index in [1.807, 2.05) is 23.5 Å². The maximum absolute atomic E-state index is 5.51. The van der Waals surface area contributed by atoms with E-state index in [1.54, 1.807) is 0 Å². The zero-order valence-electron chi connectivity index (χ0n) is 31.8. The van der Waals surface area contributed by atoms with Gasteiger partial charge >= 0.3 is 0 Å². The molecule has 3 heterocycles. The summed E-state index contributed by atoms with van der Waals surface area (Å²) in [5.74, 6) is 1.85. The molecule has 8 aromatic carbocycles. The van der Waals surface area contributed by atoms with Crippen molar-refractivity contribution in [1.29, 1.82) is 0 Å². The number of fused-ring (bicyclic) bond motifs is 5. The molecule has 5 heteroatoms. The lowest BCUT2D eigenvalue weighted by atomic mass is 9.97. The predicted octanol–water partition coefficient (Wildman–Crippen LogP) is 14.5. The number of hydrogen-bond acceptors (Lipinski definition) is 5. The normalized spacial score (nSPS) is 11.4. The smallest absolute Gasteiger partial charge is 0.164 e. The summed E-state index contributed by atoms with van der Waals surface area (Å²) in [6, 6.07) is 72.0. The number of thiophene rings is 1. The zero-order valence-corrected chi connectivity index (χ0v) is 32.6. The van der Waals surface area contributed by atoms with E-state index in [0.29, 0.717) is 17.5 Å². The number of aromatic nitrogens is 4. The molecule has 0 bridgehead atoms. The van der Waals surface area contributed by atoms with Crippen LogP contribution in [0.2, 0.25) is 0 Å². The minimum absolute atomic E-state index is 0.608. The molecule has 0 unspecified atom stereocenters. The minimum Gasteiger partial charge on any atom is -0.246 e. The van der Waals surface area contributed by atoms with Crippen LogP contribution in [0.1, 0.15) is 0 Å². The van der Waals surface area contributed by atoms with Crippen LogP contribution < -0.4 is 0 Å². The van der Waals surface area contributed by atoms with Crippen LogP contribution in [0.4, 0.5) is 0 Å². The van der Waals surface area contributed by atoms with Gasteiger partial charge in [0.2, 0.25) is 0 Å². The lowest BCUT2D eigenvalue weighted by molar-refractivity contribution is 1.07. The fraction of sp³-hybridized carbons (Fsp3) is 0. The Morgan fingerprint density at radius 3 is 1.36 bits per heavy atom. The molecule has 0 amide bonds. The van der Waals surface area contributed by atoms with Crippen LogP contribution in [-0.2, 0) is 0 Å². The topological polar surface area (TPSA) is 51.6 Å². The quantitative estimate of drug-likeness (QED) is 0.162. The van der Waals surface area contributed by atoms with Crippen molar-refractivity contribution in [3.63, 3.8) is 0 Å². The summed E-state index contributed by atoms with van der Waals surface area (Å²) in [5.41, 5.74) is 12.5. The summed E-state index contributed by atoms with van der Waals surface area (Å²) in [6.07, 6.45) is 0. The van der Waals surface area contributed by atoms with Crippen LogP contribution in [0, 0.1) is 0 Å². The van der Waals surface area contributed by atoms with Gasteiger partial charge < -0.3 is 0 Å². The highest BCUT2D eigenvalue weighted by molar-refractivity contribution is 7.26. The number of para-hydroxylation sites is 1. The van der Waals surface area contributed by atoms with E-state index in [1.165, 1.54) is 31.3 Å². The molecule has 11 rings (SSSR count). The van der Waals surface area contributed by atoms with Crippen molar-refractivity contribution in [3.8, 4) is 78.8 Å². The predicted molar refractivity (Wildman–Crippen MR) is 246 cm³/mol. The third kappa shape index (κ3) is 6.44. The highest BCUT2D eigenvalue weighted by Gasteiger charge is 2.19. The van der Waals surface area contributed by atoms with E-state index in [9.17, 15) is 0 Å². The van der Waals surface area contributed by atoms with Gasteiger partial charge in [-0.15, -0.1) is 11.3 Å². The highest BCUT2D eigenvalue weighted by Crippen LogP contribution is 2.44. The molecule has 4 nitrogen and oxygen atoms in total. The van der Waals surface area contributed by atoms with Crippen molar-refractivity contribution >= 4 is 42.4 Å². The molecule has 11 aromatic rings. The number of benzene rings is 8. The first kappa shape index (κ1) is 34.6. The van der Waals surface area contributed by atoms with E-state index < -0.39 is 0 Å². The molecule has 0 spiro atoms. The second-order valence-corrected chi connectivity index (χ2v) is 15.7. The Labute approximate surface area is 345 Å². The number of hydrogen-bond donors (Lipinski definition) is 0. The molecule has 59 heavy (non-hydrogen) atoms. The van der Waals surface area contributed by atoms with Gasteiger partial charge in [0.15, 0.2) is 17.5 Å². The second-order valence-electron chi connectivity index (χ2n) is 14.6. The minimum atomic E-state index is 0.608. The van der Waals surface area contributed by atoms with E-state index in [4.69, 9.17) is 19.9 Å². The molecule has 0 N–H and O–H groups in total. The summed E-state index contributed by atoms with van der Waals surface area (Å²) in [6.45, 7) is 0. The van der Waals surface area contributed by atoms with E-state index in [-0.39, 0.29) is 0 Å². The number of nitrogens with zero attached hydrogens (tertiary/aromatic N) is 4. The van der Waals surface area contributed by atoms with Crippen molar-refractivity contribution < 1.29 is 0 Å². The highest BCUT2D eigenvalue weighted by atomic mass is 32.1. The van der Waals surface area contributed by atoms with Crippen molar-refractivity contribution in [1.82, 2.24) is 19.9 Å². The first-order valence-electron chi connectivity index (χ1n) is 19.7. The molecule has 276 valence electrons. The molecule has 3 aromatic heterocycles. The summed E-state index contributed by atoms with van der Waals surface area (Å²) in [4.78, 5) is 20.9. The third-order valence-electron chi connectivity index (χ3n) is 11.0. The van der Waals surface area contributed by atoms with Crippen molar-refractivity contribution in [2.24, 2.45) is 0 Å². The average molecular weight is 771 g/mol. The van der Waals surface area contributed by atoms with Gasteiger partial charge in [-0.25, -0.2) is 19.9 Å². The number of pyridine rings is 1. The first-order valence-corrected chi connectivity index (χ1v) is 20.5. The van der Waals surface area contributed by atoms with Gasteiger partial charge in [-0.3, -0.25) is 0 Å². The molecule has 0 atom stereocenters. The van der Waals surface area contributed by atoms with Gasteiger partial charge in [-0.05, 0) is 39.9 Å². The van der Waals surface area contributed by atoms with Crippen LogP contribution >= 0.6 is 11.3 Å². The lowest BCUT2D eigenvalue weighted by Gasteiger charge is -2.13. The molecule has 0 saturated heterocycles. The molecule has 0 aliphatic carbocycles. The van der Waals surface area contributed by atoms with Crippen LogP contribution in [0.25, 0.3) is 110 Å². The summed E-state index contributed by atoms with van der Waals surface area (Å²) in [5, 5.41) is 3.58. The SMILES string of the molecule is c1ccc(-c2ccc(-c3nc(-c4ccc(-c5ccccc5)cc4)nc(-c4cccc(-c5cccc6c5nc(-c5ccccc5)c5c7ccccc7sc65)c4)n3)cc2)cc1. The average Bonchev–Trinajstić information content (AvgIpc) is 3.72. The maximum Gasteiger partial charge on any atom is 0.164 e. The van der Waals surface area contributed by atoms with Crippen LogP contribution in [-0.4, -0.2) is 19.9 Å². The Hall–Kier alpha value is -7.60. The molecular weight excluding hydrogens is 737 g/mol. The first-order chi connectivity index (χ1) is 29.2. The van der Waals surface area contributed by atoms with Gasteiger partial charge in [-0.2, -0.15) is 0 Å². The second kappa shape index (κ2) is 14.7. The van der Waals surface area contributed by atoms with Crippen molar-refractivity contribution in [3.05, 3.63) is 206 Å². The van der Waals surface area contributed by atoms with Crippen molar-refractivity contribution in [2.75, 3.05) is 0 Å². The van der Waals surface area contributed by atoms with E-state index in [0.717, 1.165) is 61.1 Å². The Morgan fingerprint density at radius 2 is 0.746 bits per heavy atom. The summed E-state index contributed by atoms with van der Waals surface area (Å²) >= 11 is 1.83. The van der Waals surface area contributed by atoms with Crippen LogP contribution in [0.15, 0.2) is 206 Å². The standard InChI is InChI=1S/C54H34N4S/c1-4-14-35(15-5-1)37-26-30-40(31-27-37)52-56-53(41-32-28-38(29-33-41)36-16-6-2-7-17-36)58-54(57-52)43-21-12-20-42(34-43)44-23-13-24-46-50(44)55-49(39-18-8-3-9-19-39)48-45-22-10-11-25-47(45)59-51(46)48/h1-34H. The fourth-order valence-electron chi connectivity index (χ4n) is 8.00. The van der Waals surface area contributed by atoms with E-state index in [2.05, 4.69) is 194 Å². The molecule has 0 aliphatic rings. The van der Waals surface area contributed by atoms with Gasteiger partial charge in [0.1, 0.15) is 0 Å². The van der Waals surface area contributed by atoms with Crippen LogP contribution in [0.3, 0.4) is 0 Å². The van der Waals surface area contributed by atoms with Gasteiger partial charge in [0.25, 0.3) is 0 Å². The van der Waals surface area contributed by atoms with Gasteiger partial charge in [-0.1, -0.05) is 194 Å². The molecule has 0 aliphatic heterocycles. The van der Waals surface area contributed by atoms with E-state index >= 15 is 0 Å². The fourth-order valence-corrected chi connectivity index (χ4v) is 9.23. The molecule has 0 radical (unpaired) electrons. The third-order valence-corrected chi connectivity index (χ3v) is 12.2. The number of rotatable bonds is 7. The molecule has 0 saturated carbocycles.